The van der Waals surface area contributed by atoms with Gasteiger partial charge in [0.2, 0.25) is 11.8 Å². The van der Waals surface area contributed by atoms with Crippen molar-refractivity contribution in [2.24, 2.45) is 0 Å². The predicted octanol–water partition coefficient (Wildman–Crippen LogP) is 5.08. The molecule has 1 N–H and O–H groups in total. The lowest BCUT2D eigenvalue weighted by Gasteiger charge is -2.32. The Balaban J connectivity index is 1.68. The molecule has 1 atom stereocenters. The molecule has 0 aromatic heterocycles. The Labute approximate surface area is 190 Å². The highest BCUT2D eigenvalue weighted by Gasteiger charge is 2.29. The Bertz CT molecular complexity index is 807. The van der Waals surface area contributed by atoms with E-state index in [1.165, 1.54) is 36.6 Å². The van der Waals surface area contributed by atoms with Crippen LogP contribution in [-0.2, 0) is 16.0 Å². The van der Waals surface area contributed by atoms with Crippen LogP contribution in [0.25, 0.3) is 0 Å². The van der Waals surface area contributed by atoms with E-state index in [9.17, 15) is 9.59 Å². The Morgan fingerprint density at radius 1 is 1.00 bits per heavy atom. The minimum atomic E-state index is -0.422. The van der Waals surface area contributed by atoms with Crippen molar-refractivity contribution in [3.8, 4) is 0 Å². The Kier molecular flexibility index (Phi) is 9.47. The largest absolute Gasteiger partial charge is 0.352 e. The average molecular weight is 439 g/mol. The first-order valence-corrected chi connectivity index (χ1v) is 12.5. The molecule has 5 heteroatoms. The Morgan fingerprint density at radius 2 is 1.65 bits per heavy atom. The zero-order chi connectivity index (χ0) is 21.9. The second kappa shape index (κ2) is 12.6. The molecule has 2 aromatic carbocycles. The van der Waals surface area contributed by atoms with Crippen LogP contribution in [0.3, 0.4) is 0 Å². The van der Waals surface area contributed by atoms with E-state index in [0.29, 0.717) is 18.7 Å². The maximum absolute atomic E-state index is 13.3. The van der Waals surface area contributed by atoms with Gasteiger partial charge in [0.05, 0.1) is 5.75 Å². The van der Waals surface area contributed by atoms with Crippen molar-refractivity contribution in [1.82, 2.24) is 10.2 Å². The molecule has 0 bridgehead atoms. The molecule has 2 aromatic rings. The minimum absolute atomic E-state index is 0.000484. The zero-order valence-electron chi connectivity index (χ0n) is 18.5. The van der Waals surface area contributed by atoms with Gasteiger partial charge in [-0.2, -0.15) is 0 Å². The number of thioether (sulfide) groups is 1. The van der Waals surface area contributed by atoms with Crippen molar-refractivity contribution in [3.63, 3.8) is 0 Å². The van der Waals surface area contributed by atoms with Crippen molar-refractivity contribution in [1.29, 1.82) is 0 Å². The molecule has 166 valence electrons. The second-order valence-corrected chi connectivity index (χ2v) is 9.24. The normalized spacial score (nSPS) is 15.3. The van der Waals surface area contributed by atoms with Crippen LogP contribution in [0.1, 0.15) is 51.0 Å². The molecule has 1 saturated carbocycles. The molecule has 0 radical (unpaired) electrons. The van der Waals surface area contributed by atoms with E-state index < -0.39 is 6.04 Å². The fraction of sp³-hybridized carbons (Fsp3) is 0.462. The number of amides is 2. The lowest BCUT2D eigenvalue weighted by Crippen LogP contribution is -2.52. The summed E-state index contributed by atoms with van der Waals surface area (Å²) in [6, 6.07) is 20.0. The number of hydrogen-bond acceptors (Lipinski definition) is 3. The molecular formula is C26H34N2O2S. The highest BCUT2D eigenvalue weighted by molar-refractivity contribution is 8.00. The van der Waals surface area contributed by atoms with Crippen LogP contribution in [0, 0.1) is 0 Å². The number of carbonyl (C=O) groups excluding carboxylic acids is 2. The molecule has 0 spiro atoms. The fourth-order valence-electron chi connectivity index (χ4n) is 4.18. The van der Waals surface area contributed by atoms with Gasteiger partial charge in [0.1, 0.15) is 6.04 Å². The molecule has 0 aliphatic heterocycles. The summed E-state index contributed by atoms with van der Waals surface area (Å²) in [7, 11) is 0. The molecule has 1 aliphatic carbocycles. The van der Waals surface area contributed by atoms with Gasteiger partial charge >= 0.3 is 0 Å². The van der Waals surface area contributed by atoms with Gasteiger partial charge in [-0.3, -0.25) is 9.59 Å². The summed E-state index contributed by atoms with van der Waals surface area (Å²) in [5.74, 6) is 0.363. The summed E-state index contributed by atoms with van der Waals surface area (Å²) < 4.78 is 0. The van der Waals surface area contributed by atoms with Crippen LogP contribution in [-0.4, -0.2) is 41.1 Å². The van der Waals surface area contributed by atoms with Crippen LogP contribution >= 0.6 is 11.8 Å². The maximum Gasteiger partial charge on any atom is 0.243 e. The van der Waals surface area contributed by atoms with E-state index in [2.05, 4.69) is 17.4 Å². The minimum Gasteiger partial charge on any atom is -0.352 e. The van der Waals surface area contributed by atoms with Crippen LogP contribution in [0.2, 0.25) is 0 Å². The van der Waals surface area contributed by atoms with E-state index in [1.54, 1.807) is 4.90 Å². The number of rotatable bonds is 10. The van der Waals surface area contributed by atoms with E-state index >= 15 is 0 Å². The highest BCUT2D eigenvalue weighted by Crippen LogP contribution is 2.21. The lowest BCUT2D eigenvalue weighted by molar-refractivity contribution is -0.139. The number of benzene rings is 2. The van der Waals surface area contributed by atoms with Crippen LogP contribution in [0.4, 0.5) is 0 Å². The van der Waals surface area contributed by atoms with Crippen LogP contribution < -0.4 is 5.32 Å². The van der Waals surface area contributed by atoms with Crippen LogP contribution in [0.5, 0.6) is 0 Å². The first-order chi connectivity index (χ1) is 15.2. The summed E-state index contributed by atoms with van der Waals surface area (Å²) in [4.78, 5) is 29.3. The first kappa shape index (κ1) is 23.4. The summed E-state index contributed by atoms with van der Waals surface area (Å²) in [6.45, 7) is 2.55. The first-order valence-electron chi connectivity index (χ1n) is 11.5. The third-order valence-electron chi connectivity index (χ3n) is 5.93. The molecular weight excluding hydrogens is 404 g/mol. The third-order valence-corrected chi connectivity index (χ3v) is 6.92. The molecule has 4 nitrogen and oxygen atoms in total. The van der Waals surface area contributed by atoms with Crippen LogP contribution in [0.15, 0.2) is 65.6 Å². The van der Waals surface area contributed by atoms with Gasteiger partial charge < -0.3 is 10.2 Å². The SMILES string of the molecule is CC[C@H](C(=O)NC1CCCCC1)N(CCc1ccccc1)C(=O)CSc1ccccc1. The van der Waals surface area contributed by atoms with E-state index in [1.807, 2.05) is 55.5 Å². The topological polar surface area (TPSA) is 49.4 Å². The summed E-state index contributed by atoms with van der Waals surface area (Å²) in [6.07, 6.45) is 7.05. The monoisotopic (exact) mass is 438 g/mol. The van der Waals surface area contributed by atoms with Gasteiger partial charge in [-0.25, -0.2) is 0 Å². The van der Waals surface area contributed by atoms with Gasteiger partial charge in [-0.15, -0.1) is 11.8 Å². The smallest absolute Gasteiger partial charge is 0.243 e. The lowest BCUT2D eigenvalue weighted by atomic mass is 9.95. The van der Waals surface area contributed by atoms with Crippen molar-refractivity contribution >= 4 is 23.6 Å². The molecule has 0 saturated heterocycles. The third kappa shape index (κ3) is 7.42. The molecule has 2 amide bonds. The fourth-order valence-corrected chi connectivity index (χ4v) is 4.99. The van der Waals surface area contributed by atoms with E-state index in [0.717, 1.165) is 24.2 Å². The molecule has 3 rings (SSSR count). The quantitative estimate of drug-likeness (QED) is 0.527. The Hall–Kier alpha value is -2.27. The number of carbonyl (C=O) groups is 2. The maximum atomic E-state index is 13.3. The molecule has 0 heterocycles. The van der Waals surface area contributed by atoms with Crippen molar-refractivity contribution in [2.45, 2.75) is 68.8 Å². The van der Waals surface area contributed by atoms with Crippen molar-refractivity contribution in [2.75, 3.05) is 12.3 Å². The summed E-state index contributed by atoms with van der Waals surface area (Å²) in [5, 5.41) is 3.24. The second-order valence-electron chi connectivity index (χ2n) is 8.19. The van der Waals surface area contributed by atoms with Gasteiger partial charge in [0.15, 0.2) is 0 Å². The number of hydrogen-bond donors (Lipinski definition) is 1. The molecule has 0 unspecified atom stereocenters. The number of nitrogens with one attached hydrogen (secondary N) is 1. The number of nitrogens with zero attached hydrogens (tertiary/aromatic N) is 1. The average Bonchev–Trinajstić information content (AvgIpc) is 2.82. The van der Waals surface area contributed by atoms with Gasteiger partial charge in [-0.05, 0) is 43.4 Å². The molecule has 1 fully saturated rings. The van der Waals surface area contributed by atoms with Gasteiger partial charge in [0.25, 0.3) is 0 Å². The van der Waals surface area contributed by atoms with E-state index in [-0.39, 0.29) is 17.9 Å². The molecule has 31 heavy (non-hydrogen) atoms. The summed E-state index contributed by atoms with van der Waals surface area (Å²) in [5.41, 5.74) is 1.18. The predicted molar refractivity (Wildman–Crippen MR) is 128 cm³/mol. The standard InChI is InChI=1S/C26H34N2O2S/c1-2-24(26(30)27-22-14-8-4-9-15-22)28(19-18-21-12-6-3-7-13-21)25(29)20-31-23-16-10-5-11-17-23/h3,5-7,10-13,16-17,22,24H,2,4,8-9,14-15,18-20H2,1H3,(H,27,30)/t24-/m1/s1. The summed E-state index contributed by atoms with van der Waals surface area (Å²) >= 11 is 1.53. The van der Waals surface area contributed by atoms with Gasteiger partial charge in [-0.1, -0.05) is 74.7 Å². The molecule has 1 aliphatic rings. The van der Waals surface area contributed by atoms with Crippen molar-refractivity contribution < 1.29 is 9.59 Å². The van der Waals surface area contributed by atoms with Crippen molar-refractivity contribution in [3.05, 3.63) is 66.2 Å². The van der Waals surface area contributed by atoms with E-state index in [4.69, 9.17) is 0 Å². The highest BCUT2D eigenvalue weighted by atomic mass is 32.2. The van der Waals surface area contributed by atoms with Gasteiger partial charge in [0, 0.05) is 17.5 Å². The zero-order valence-corrected chi connectivity index (χ0v) is 19.3. The Morgan fingerprint density at radius 3 is 2.29 bits per heavy atom.